The summed E-state index contributed by atoms with van der Waals surface area (Å²) < 4.78 is 0. The molecule has 0 atom stereocenters. The Bertz CT molecular complexity index is 679. The molecule has 0 spiro atoms. The Hall–Kier alpha value is -1.97. The van der Waals surface area contributed by atoms with Crippen molar-refractivity contribution in [3.63, 3.8) is 0 Å². The summed E-state index contributed by atoms with van der Waals surface area (Å²) in [5, 5.41) is 18.5. The van der Waals surface area contributed by atoms with Crippen molar-refractivity contribution in [3.05, 3.63) is 29.3 Å². The van der Waals surface area contributed by atoms with Crippen molar-refractivity contribution in [2.24, 2.45) is 0 Å². The first-order chi connectivity index (χ1) is 10.8. The lowest BCUT2D eigenvalue weighted by molar-refractivity contribution is -0.123. The summed E-state index contributed by atoms with van der Waals surface area (Å²) in [5.41, 5.74) is 1.38. The summed E-state index contributed by atoms with van der Waals surface area (Å²) in [6.07, 6.45) is 1.45. The Morgan fingerprint density at radius 3 is 2.61 bits per heavy atom. The number of amides is 1. The van der Waals surface area contributed by atoms with Gasteiger partial charge in [-0.1, -0.05) is 0 Å². The van der Waals surface area contributed by atoms with Gasteiger partial charge in [0.2, 0.25) is 0 Å². The zero-order valence-electron chi connectivity index (χ0n) is 13.7. The van der Waals surface area contributed by atoms with Crippen LogP contribution in [0.5, 0.6) is 0 Å². The van der Waals surface area contributed by atoms with Gasteiger partial charge in [0.05, 0.1) is 17.3 Å². The molecule has 5 nitrogen and oxygen atoms in total. The molecule has 1 aliphatic rings. The van der Waals surface area contributed by atoms with E-state index in [9.17, 15) is 4.79 Å². The highest BCUT2D eigenvalue weighted by atomic mass is 32.1. The summed E-state index contributed by atoms with van der Waals surface area (Å²) >= 11 is 5.53. The van der Waals surface area contributed by atoms with Crippen LogP contribution in [0.1, 0.15) is 37.8 Å². The van der Waals surface area contributed by atoms with Crippen LogP contribution in [0.4, 0.5) is 5.69 Å². The Balaban J connectivity index is 2.33. The van der Waals surface area contributed by atoms with Crippen LogP contribution >= 0.6 is 12.2 Å². The zero-order valence-corrected chi connectivity index (χ0v) is 14.5. The quantitative estimate of drug-likeness (QED) is 0.663. The number of anilines is 1. The first-order valence-electron chi connectivity index (χ1n) is 7.62. The highest BCUT2D eigenvalue weighted by molar-refractivity contribution is 7.80. The second-order valence-electron chi connectivity index (χ2n) is 6.18. The highest BCUT2D eigenvalue weighted by Crippen LogP contribution is 2.33. The minimum Gasteiger partial charge on any atom is -0.396 e. The summed E-state index contributed by atoms with van der Waals surface area (Å²) in [5.74, 6) is -0.0735. The van der Waals surface area contributed by atoms with E-state index in [1.807, 2.05) is 31.7 Å². The number of unbranched alkanes of at least 4 members (excludes halogenated alkanes) is 1. The molecule has 6 heteroatoms. The fraction of sp³-hybridized carbons (Fsp3) is 0.471. The molecule has 1 heterocycles. The summed E-state index contributed by atoms with van der Waals surface area (Å²) in [4.78, 5) is 16.3. The third-order valence-corrected chi connectivity index (χ3v) is 4.60. The van der Waals surface area contributed by atoms with Crippen molar-refractivity contribution in [2.75, 3.05) is 18.1 Å². The topological polar surface area (TPSA) is 67.6 Å². The highest BCUT2D eigenvalue weighted by Gasteiger charge is 2.49. The monoisotopic (exact) mass is 331 g/mol. The maximum Gasteiger partial charge on any atom is 0.258 e. The van der Waals surface area contributed by atoms with Gasteiger partial charge >= 0.3 is 0 Å². The number of nitrogens with zero attached hydrogens (tertiary/aromatic N) is 3. The van der Waals surface area contributed by atoms with Crippen molar-refractivity contribution in [2.45, 2.75) is 39.2 Å². The third-order valence-electron chi connectivity index (χ3n) is 4.20. The number of benzene rings is 1. The standard InChI is InChI=1S/C17H21N3O2S/c1-12-10-14(7-6-13(12)11-18)20-15(22)17(2,3)19(16(20)23)8-4-5-9-21/h6-7,10,21H,4-5,8-9H2,1-3H3. The molecule has 0 aromatic heterocycles. The molecule has 0 saturated carbocycles. The predicted molar refractivity (Wildman–Crippen MR) is 93.1 cm³/mol. The molecule has 1 aromatic carbocycles. The molecule has 23 heavy (non-hydrogen) atoms. The Kier molecular flexibility index (Phi) is 5.03. The fourth-order valence-electron chi connectivity index (χ4n) is 2.73. The number of carbonyl (C=O) groups excluding carboxylic acids is 1. The van der Waals surface area contributed by atoms with Crippen molar-refractivity contribution in [1.29, 1.82) is 5.26 Å². The lowest BCUT2D eigenvalue weighted by Crippen LogP contribution is -2.44. The van der Waals surface area contributed by atoms with Crippen LogP contribution in [0.25, 0.3) is 0 Å². The smallest absolute Gasteiger partial charge is 0.258 e. The molecule has 122 valence electrons. The summed E-state index contributed by atoms with van der Waals surface area (Å²) in [6, 6.07) is 7.40. The zero-order chi connectivity index (χ0) is 17.2. The van der Waals surface area contributed by atoms with E-state index in [1.54, 1.807) is 17.0 Å². The van der Waals surface area contributed by atoms with E-state index in [2.05, 4.69) is 6.07 Å². The molecule has 1 saturated heterocycles. The second kappa shape index (κ2) is 6.65. The van der Waals surface area contributed by atoms with Crippen molar-refractivity contribution >= 4 is 28.9 Å². The molecule has 0 unspecified atom stereocenters. The van der Waals surface area contributed by atoms with Gasteiger partial charge in [0, 0.05) is 13.2 Å². The van der Waals surface area contributed by atoms with Gasteiger partial charge in [-0.25, -0.2) is 0 Å². The van der Waals surface area contributed by atoms with Gasteiger partial charge in [0.15, 0.2) is 5.11 Å². The number of rotatable bonds is 5. The van der Waals surface area contributed by atoms with E-state index in [1.165, 1.54) is 0 Å². The number of aliphatic hydroxyl groups is 1. The summed E-state index contributed by atoms with van der Waals surface area (Å²) in [6.45, 7) is 6.32. The molecule has 0 bridgehead atoms. The number of aryl methyl sites for hydroxylation is 1. The van der Waals surface area contributed by atoms with Gasteiger partial charge in [-0.2, -0.15) is 5.26 Å². The van der Waals surface area contributed by atoms with Crippen molar-refractivity contribution < 1.29 is 9.90 Å². The van der Waals surface area contributed by atoms with E-state index >= 15 is 0 Å². The normalized spacial score (nSPS) is 16.8. The SMILES string of the molecule is Cc1cc(N2C(=O)C(C)(C)N(CCCCO)C2=S)ccc1C#N. The van der Waals surface area contributed by atoms with Crippen LogP contribution in [0.3, 0.4) is 0 Å². The van der Waals surface area contributed by atoms with Crippen LogP contribution in [0.2, 0.25) is 0 Å². The van der Waals surface area contributed by atoms with Gasteiger partial charge in [-0.05, 0) is 69.6 Å². The first-order valence-corrected chi connectivity index (χ1v) is 8.03. The van der Waals surface area contributed by atoms with E-state index < -0.39 is 5.54 Å². The average Bonchev–Trinajstić information content (AvgIpc) is 2.67. The Labute approximate surface area is 142 Å². The summed E-state index contributed by atoms with van der Waals surface area (Å²) in [7, 11) is 0. The fourth-order valence-corrected chi connectivity index (χ4v) is 3.24. The van der Waals surface area contributed by atoms with Crippen LogP contribution in [-0.2, 0) is 4.79 Å². The van der Waals surface area contributed by atoms with Gasteiger partial charge in [-0.15, -0.1) is 0 Å². The molecule has 1 N–H and O–H groups in total. The number of thiocarbonyl (C=S) groups is 1. The van der Waals surface area contributed by atoms with Crippen LogP contribution in [-0.4, -0.2) is 39.7 Å². The molecule has 1 aromatic rings. The van der Waals surface area contributed by atoms with Gasteiger partial charge < -0.3 is 10.0 Å². The van der Waals surface area contributed by atoms with Gasteiger partial charge in [0.1, 0.15) is 5.54 Å². The van der Waals surface area contributed by atoms with Gasteiger partial charge in [0.25, 0.3) is 5.91 Å². The second-order valence-corrected chi connectivity index (χ2v) is 6.54. The molecule has 1 fully saturated rings. The molecular formula is C17H21N3O2S. The van der Waals surface area contributed by atoms with Crippen molar-refractivity contribution in [1.82, 2.24) is 4.90 Å². The van der Waals surface area contributed by atoms with E-state index in [-0.39, 0.29) is 12.5 Å². The lowest BCUT2D eigenvalue weighted by atomic mass is 10.0. The van der Waals surface area contributed by atoms with E-state index in [0.29, 0.717) is 29.3 Å². The number of aliphatic hydroxyl groups excluding tert-OH is 1. The maximum atomic E-state index is 12.8. The van der Waals surface area contributed by atoms with E-state index in [0.717, 1.165) is 12.0 Å². The molecule has 0 aliphatic carbocycles. The Morgan fingerprint density at radius 1 is 1.35 bits per heavy atom. The largest absolute Gasteiger partial charge is 0.396 e. The minimum atomic E-state index is -0.714. The molecule has 0 radical (unpaired) electrons. The van der Waals surface area contributed by atoms with Crippen LogP contribution < -0.4 is 4.90 Å². The van der Waals surface area contributed by atoms with Crippen LogP contribution in [0, 0.1) is 18.3 Å². The number of hydrogen-bond donors (Lipinski definition) is 1. The number of nitriles is 1. The third kappa shape index (κ3) is 3.07. The van der Waals surface area contributed by atoms with E-state index in [4.69, 9.17) is 22.6 Å². The minimum absolute atomic E-state index is 0.0735. The molecule has 1 amide bonds. The lowest BCUT2D eigenvalue weighted by Gasteiger charge is -2.29. The average molecular weight is 331 g/mol. The molecule has 2 rings (SSSR count). The van der Waals surface area contributed by atoms with Crippen molar-refractivity contribution in [3.8, 4) is 6.07 Å². The first kappa shape index (κ1) is 17.4. The van der Waals surface area contributed by atoms with Gasteiger partial charge in [-0.3, -0.25) is 9.69 Å². The predicted octanol–water partition coefficient (Wildman–Crippen LogP) is 2.35. The van der Waals surface area contributed by atoms with Crippen LogP contribution in [0.15, 0.2) is 18.2 Å². The maximum absolute atomic E-state index is 12.8. The Morgan fingerprint density at radius 2 is 2.04 bits per heavy atom. The molecule has 1 aliphatic heterocycles. The number of hydrogen-bond acceptors (Lipinski definition) is 4. The molecular weight excluding hydrogens is 310 g/mol. The number of carbonyl (C=O) groups is 1.